The van der Waals surface area contributed by atoms with Crippen LogP contribution in [0, 0.1) is 18.3 Å². The normalized spacial score (nSPS) is 12.2. The molecule has 2 amide bonds. The first-order valence-electron chi connectivity index (χ1n) is 8.39. The van der Waals surface area contributed by atoms with E-state index >= 15 is 0 Å². The number of halogens is 2. The molecule has 7 nitrogen and oxygen atoms in total. The number of carbonyl (C=O) groups excluding carboxylic acids is 2. The Kier molecular flexibility index (Phi) is 8.01. The quantitative estimate of drug-likeness (QED) is 0.263. The fourth-order valence-corrected chi connectivity index (χ4v) is 3.14. The van der Waals surface area contributed by atoms with Gasteiger partial charge in [-0.05, 0) is 64.9 Å². The number of hydrogen-bond donors (Lipinski definition) is 4. The van der Waals surface area contributed by atoms with E-state index in [0.29, 0.717) is 22.4 Å². The zero-order valence-electron chi connectivity index (χ0n) is 15.4. The Hall–Kier alpha value is -2.61. The Morgan fingerprint density at radius 2 is 2.03 bits per heavy atom. The number of rotatable bonds is 6. The average molecular weight is 525 g/mol. The molecule has 150 valence electrons. The van der Waals surface area contributed by atoms with E-state index in [-0.39, 0.29) is 5.02 Å². The highest BCUT2D eigenvalue weighted by Gasteiger charge is 2.26. The van der Waals surface area contributed by atoms with Gasteiger partial charge in [0, 0.05) is 11.3 Å². The van der Waals surface area contributed by atoms with Gasteiger partial charge in [-0.15, -0.1) is 0 Å². The molecule has 2 atom stereocenters. The number of nitrogens with one attached hydrogen (secondary N) is 3. The van der Waals surface area contributed by atoms with Gasteiger partial charge in [0.05, 0.1) is 10.6 Å². The number of amides is 2. The van der Waals surface area contributed by atoms with Crippen LogP contribution in [0.15, 0.2) is 43.0 Å². The number of nitrogens with zero attached hydrogens (tertiary/aromatic N) is 1. The number of anilines is 1. The molecular formula is C20H18ClIN4O3. The highest BCUT2D eigenvalue weighted by Crippen LogP contribution is 2.28. The first-order chi connectivity index (χ1) is 13.8. The molecular weight excluding hydrogens is 507 g/mol. The Balaban J connectivity index is 2.10. The maximum Gasteiger partial charge on any atom is 0.269 e. The molecule has 0 aliphatic rings. The van der Waals surface area contributed by atoms with Crippen molar-refractivity contribution in [3.8, 4) is 6.07 Å². The van der Waals surface area contributed by atoms with Crippen molar-refractivity contribution in [2.45, 2.75) is 17.1 Å². The van der Waals surface area contributed by atoms with Crippen molar-refractivity contribution in [2.75, 3.05) is 5.32 Å². The summed E-state index contributed by atoms with van der Waals surface area (Å²) in [4.78, 5) is 24.8. The zero-order valence-corrected chi connectivity index (χ0v) is 18.3. The summed E-state index contributed by atoms with van der Waals surface area (Å²) in [6.07, 6.45) is 1.60. The van der Waals surface area contributed by atoms with E-state index < -0.39 is 22.0 Å². The molecule has 0 radical (unpaired) electrons. The molecule has 0 unspecified atom stereocenters. The molecule has 0 aliphatic carbocycles. The predicted molar refractivity (Wildman–Crippen MR) is 120 cm³/mol. The van der Waals surface area contributed by atoms with Gasteiger partial charge >= 0.3 is 0 Å². The molecule has 0 heterocycles. The average Bonchev–Trinajstić information content (AvgIpc) is 2.72. The van der Waals surface area contributed by atoms with Gasteiger partial charge in [0.1, 0.15) is 16.2 Å². The molecule has 0 fully saturated rings. The zero-order chi connectivity index (χ0) is 21.6. The third kappa shape index (κ3) is 5.69. The third-order valence-electron chi connectivity index (χ3n) is 4.06. The van der Waals surface area contributed by atoms with E-state index in [9.17, 15) is 14.7 Å². The van der Waals surface area contributed by atoms with E-state index in [1.165, 1.54) is 6.07 Å². The van der Waals surface area contributed by atoms with Crippen molar-refractivity contribution in [3.63, 3.8) is 0 Å². The fourth-order valence-electron chi connectivity index (χ4n) is 2.43. The van der Waals surface area contributed by atoms with Crippen molar-refractivity contribution in [3.05, 3.63) is 70.3 Å². The van der Waals surface area contributed by atoms with Gasteiger partial charge in [-0.2, -0.15) is 5.26 Å². The molecule has 0 bridgehead atoms. The maximum atomic E-state index is 12.5. The lowest BCUT2D eigenvalue weighted by atomic mass is 10.1. The molecule has 9 heteroatoms. The molecule has 0 aromatic heterocycles. The first kappa shape index (κ1) is 22.7. The fraction of sp³-hybridized carbons (Fsp3) is 0.150. The summed E-state index contributed by atoms with van der Waals surface area (Å²) in [6, 6.07) is 10.7. The highest BCUT2D eigenvalue weighted by molar-refractivity contribution is 14.1. The summed E-state index contributed by atoms with van der Waals surface area (Å²) >= 11 is 7.83. The molecule has 2 rings (SSSR count). The van der Waals surface area contributed by atoms with Gasteiger partial charge in [0.2, 0.25) is 0 Å². The lowest BCUT2D eigenvalue weighted by molar-refractivity contribution is -0.123. The van der Waals surface area contributed by atoms with Crippen LogP contribution in [-0.4, -0.2) is 27.1 Å². The van der Waals surface area contributed by atoms with Crippen LogP contribution in [0.2, 0.25) is 5.02 Å². The topological polar surface area (TPSA) is 114 Å². The smallest absolute Gasteiger partial charge is 0.269 e. The number of benzene rings is 2. The van der Waals surface area contributed by atoms with Crippen LogP contribution in [0.5, 0.6) is 0 Å². The number of hydrazine groups is 1. The van der Waals surface area contributed by atoms with Crippen LogP contribution in [0.4, 0.5) is 5.69 Å². The molecule has 0 saturated carbocycles. The second kappa shape index (κ2) is 10.2. The third-order valence-corrected chi connectivity index (χ3v) is 5.27. The standard InChI is InChI=1S/C20H18ClIN4O3/c1-3-12-5-4-6-13(9-12)19(28)25-26-20(29)17(18(22)27)24-15-8-7-14(10-23)16(21)11(15)2/h3-9,17-18,24,27H,1H2,2H3,(H,25,28)(H,26,29)/t17-,18-/m1/s1. The lowest BCUT2D eigenvalue weighted by Gasteiger charge is -2.22. The van der Waals surface area contributed by atoms with Crippen LogP contribution < -0.4 is 16.2 Å². The second-order valence-electron chi connectivity index (χ2n) is 5.98. The predicted octanol–water partition coefficient (Wildman–Crippen LogP) is 3.16. The van der Waals surface area contributed by atoms with Gasteiger partial charge in [-0.3, -0.25) is 20.4 Å². The Morgan fingerprint density at radius 1 is 1.31 bits per heavy atom. The lowest BCUT2D eigenvalue weighted by Crippen LogP contribution is -2.51. The molecule has 29 heavy (non-hydrogen) atoms. The summed E-state index contributed by atoms with van der Waals surface area (Å²) in [5.41, 5.74) is 7.07. The number of aliphatic hydroxyl groups is 1. The van der Waals surface area contributed by atoms with Crippen LogP contribution >= 0.6 is 34.2 Å². The molecule has 0 aliphatic heterocycles. The molecule has 0 spiro atoms. The van der Waals surface area contributed by atoms with Crippen molar-refractivity contribution < 1.29 is 14.7 Å². The van der Waals surface area contributed by atoms with Crippen LogP contribution in [-0.2, 0) is 4.79 Å². The summed E-state index contributed by atoms with van der Waals surface area (Å²) in [5, 5.41) is 22.2. The Bertz CT molecular complexity index is 988. The van der Waals surface area contributed by atoms with Gasteiger partial charge in [0.15, 0.2) is 0 Å². The Morgan fingerprint density at radius 3 is 2.66 bits per heavy atom. The van der Waals surface area contributed by atoms with E-state index in [1.807, 2.05) is 6.07 Å². The van der Waals surface area contributed by atoms with Crippen LogP contribution in [0.3, 0.4) is 0 Å². The van der Waals surface area contributed by atoms with E-state index in [0.717, 1.165) is 5.56 Å². The van der Waals surface area contributed by atoms with E-state index in [2.05, 4.69) is 22.7 Å². The molecule has 0 saturated heterocycles. The van der Waals surface area contributed by atoms with Crippen molar-refractivity contribution in [2.24, 2.45) is 0 Å². The summed E-state index contributed by atoms with van der Waals surface area (Å²) in [7, 11) is 0. The number of aliphatic hydroxyl groups excluding tert-OH is 1. The molecule has 2 aromatic carbocycles. The van der Waals surface area contributed by atoms with Crippen LogP contribution in [0.25, 0.3) is 6.08 Å². The van der Waals surface area contributed by atoms with Gasteiger partial charge < -0.3 is 10.4 Å². The minimum Gasteiger partial charge on any atom is -0.380 e. The Labute approximate surface area is 186 Å². The van der Waals surface area contributed by atoms with Gasteiger partial charge in [-0.1, -0.05) is 36.4 Å². The SMILES string of the molecule is C=Cc1cccc(C(=O)NNC(=O)[C@H](Nc2ccc(C#N)c(Cl)c2C)[C@@H](O)I)c1. The first-order valence-corrected chi connectivity index (χ1v) is 10.0. The number of carbonyl (C=O) groups is 2. The number of nitriles is 1. The minimum atomic E-state index is -1.11. The summed E-state index contributed by atoms with van der Waals surface area (Å²) < 4.78 is -1.11. The minimum absolute atomic E-state index is 0.259. The van der Waals surface area contributed by atoms with Gasteiger partial charge in [0.25, 0.3) is 11.8 Å². The van der Waals surface area contributed by atoms with Crippen molar-refractivity contribution in [1.29, 1.82) is 5.26 Å². The number of alkyl halides is 1. The highest BCUT2D eigenvalue weighted by atomic mass is 127. The maximum absolute atomic E-state index is 12.5. The van der Waals surface area contributed by atoms with E-state index in [1.54, 1.807) is 65.9 Å². The molecule has 2 aromatic rings. The second-order valence-corrected chi connectivity index (χ2v) is 7.63. The van der Waals surface area contributed by atoms with Crippen molar-refractivity contribution >= 4 is 57.8 Å². The van der Waals surface area contributed by atoms with Gasteiger partial charge in [-0.25, -0.2) is 0 Å². The number of hydrogen-bond acceptors (Lipinski definition) is 5. The summed E-state index contributed by atoms with van der Waals surface area (Å²) in [6.45, 7) is 5.34. The van der Waals surface area contributed by atoms with E-state index in [4.69, 9.17) is 16.9 Å². The van der Waals surface area contributed by atoms with Crippen LogP contribution in [0.1, 0.15) is 27.0 Å². The largest absolute Gasteiger partial charge is 0.380 e. The van der Waals surface area contributed by atoms with Crippen molar-refractivity contribution in [1.82, 2.24) is 10.9 Å². The summed E-state index contributed by atoms with van der Waals surface area (Å²) in [5.74, 6) is -1.17. The monoisotopic (exact) mass is 524 g/mol. The molecule has 4 N–H and O–H groups in total.